The molecule has 1 amide bonds. The maximum absolute atomic E-state index is 14.9. The molecule has 2 bridgehead atoms. The molecular formula is C48H67NO16S2. The molecule has 3 aliphatic carbocycles. The molecule has 2 saturated carbocycles. The molecule has 4 fully saturated rings. The van der Waals surface area contributed by atoms with E-state index in [1.165, 1.54) is 33.3 Å². The highest BCUT2D eigenvalue weighted by Gasteiger charge is 2.82. The molecule has 17 nitrogen and oxygen atoms in total. The maximum Gasteiger partial charge on any atom is 0.408 e. The molecule has 12 atom stereocenters. The number of hydrogen-bond acceptors (Lipinski definition) is 18. The molecule has 6 rings (SSSR count). The first-order valence-corrected chi connectivity index (χ1v) is 25.2. The molecule has 2 aliphatic heterocycles. The van der Waals surface area contributed by atoms with Gasteiger partial charge in [-0.3, -0.25) is 9.59 Å². The van der Waals surface area contributed by atoms with Crippen molar-refractivity contribution in [2.24, 2.45) is 16.7 Å². The Balaban J connectivity index is 1.54. The van der Waals surface area contributed by atoms with Crippen LogP contribution in [0.15, 0.2) is 41.0 Å². The van der Waals surface area contributed by atoms with Crippen molar-refractivity contribution in [2.75, 3.05) is 32.8 Å². The largest absolute Gasteiger partial charge is 0.497 e. The number of fused-ring (bicyclic) bond motifs is 4. The van der Waals surface area contributed by atoms with E-state index >= 15 is 0 Å². The molecule has 1 aromatic carbocycles. The van der Waals surface area contributed by atoms with Crippen LogP contribution < -0.4 is 14.8 Å². The zero-order chi connectivity index (χ0) is 49.6. The van der Waals surface area contributed by atoms with Crippen molar-refractivity contribution >= 4 is 51.6 Å². The molecule has 0 radical (unpaired) electrons. The molecule has 372 valence electrons. The van der Waals surface area contributed by atoms with Crippen LogP contribution >= 0.6 is 21.6 Å². The molecule has 2 heterocycles. The van der Waals surface area contributed by atoms with Gasteiger partial charge in [0.15, 0.2) is 17.8 Å². The lowest BCUT2D eigenvalue weighted by molar-refractivity contribution is -0.416. The molecule has 67 heavy (non-hydrogen) atoms. The van der Waals surface area contributed by atoms with Crippen LogP contribution in [0.5, 0.6) is 11.5 Å². The van der Waals surface area contributed by atoms with E-state index in [1.54, 1.807) is 89.1 Å². The fourth-order valence-electron chi connectivity index (χ4n) is 10.9. The molecule has 1 aromatic rings. The van der Waals surface area contributed by atoms with Crippen molar-refractivity contribution in [3.8, 4) is 11.5 Å². The molecule has 5 aliphatic rings. The van der Waals surface area contributed by atoms with Crippen LogP contribution in [0.1, 0.15) is 105 Å². The number of methoxy groups -OCH3 is 2. The van der Waals surface area contributed by atoms with Crippen molar-refractivity contribution < 1.29 is 76.8 Å². The minimum atomic E-state index is -2.24. The highest BCUT2D eigenvalue weighted by molar-refractivity contribution is 8.76. The molecule has 3 N–H and O–H groups in total. The topological polar surface area (TPSA) is 221 Å². The summed E-state index contributed by atoms with van der Waals surface area (Å²) in [6.45, 7) is 16.7. The first kappa shape index (κ1) is 52.4. The van der Waals surface area contributed by atoms with Gasteiger partial charge < -0.3 is 58.2 Å². The monoisotopic (exact) mass is 977 g/mol. The number of nitrogens with one attached hydrogen (secondary N) is 1. The number of ether oxygens (including phenoxy) is 9. The number of carbonyl (C=O) groups is 5. The summed E-state index contributed by atoms with van der Waals surface area (Å²) in [5.74, 6) is -3.19. The third kappa shape index (κ3) is 9.79. The van der Waals surface area contributed by atoms with Gasteiger partial charge in [0, 0.05) is 42.8 Å². The van der Waals surface area contributed by atoms with Crippen molar-refractivity contribution in [2.45, 2.75) is 160 Å². The zero-order valence-corrected chi connectivity index (χ0v) is 42.3. The zero-order valence-electron chi connectivity index (χ0n) is 40.7. The van der Waals surface area contributed by atoms with Crippen molar-refractivity contribution in [3.63, 3.8) is 0 Å². The van der Waals surface area contributed by atoms with Crippen LogP contribution in [0.3, 0.4) is 0 Å². The number of aliphatic hydroxyl groups is 2. The van der Waals surface area contributed by atoms with E-state index in [2.05, 4.69) is 5.32 Å². The third-order valence-electron chi connectivity index (χ3n) is 14.0. The van der Waals surface area contributed by atoms with Gasteiger partial charge in [-0.15, -0.1) is 0 Å². The van der Waals surface area contributed by atoms with E-state index in [4.69, 9.17) is 42.6 Å². The van der Waals surface area contributed by atoms with Gasteiger partial charge in [-0.25, -0.2) is 14.4 Å². The van der Waals surface area contributed by atoms with Gasteiger partial charge in [0.05, 0.1) is 38.9 Å². The van der Waals surface area contributed by atoms with E-state index in [0.717, 1.165) is 0 Å². The molecule has 2 saturated heterocycles. The summed E-state index contributed by atoms with van der Waals surface area (Å²) in [6.07, 6.45) is -5.49. The van der Waals surface area contributed by atoms with E-state index in [1.807, 2.05) is 13.2 Å². The molecule has 0 aromatic heterocycles. The minimum absolute atomic E-state index is 0.0321. The van der Waals surface area contributed by atoms with Gasteiger partial charge in [0.2, 0.25) is 0 Å². The Morgan fingerprint density at radius 1 is 1.01 bits per heavy atom. The third-order valence-corrected chi connectivity index (χ3v) is 15.9. The van der Waals surface area contributed by atoms with Crippen LogP contribution in [0.25, 0.3) is 0 Å². The van der Waals surface area contributed by atoms with Crippen LogP contribution in [-0.2, 0) is 47.5 Å². The number of esters is 4. The highest BCUT2D eigenvalue weighted by Crippen LogP contribution is 2.69. The number of allylic oxidation sites excluding steroid dienone is 1. The summed E-state index contributed by atoms with van der Waals surface area (Å²) in [5.41, 5.74) is -5.86. The Hall–Kier alpha value is -4.01. The standard InChI is InChI=1S/C48H67NO16S2/c1-24(2)19-29(49-43(55)65-44(5,6)7)36(52)42(54)60-31-22-48(56)40(63-41(53)28-20-27(57-11)16-17-30(28)58-12)38-46(10)32(21-33-47(38,23-59-33)64-26(4)50)61-39(46)37(35(25(31)3)45(48,8)9)62-34(51)15-14-18-67-66-13/h16-17,19-20,29,31-33,36-40,52,56H,14-15,18,21-23H2,1-13H3,(H,49,55)/t29-,31-,32+,33+,36+,37+,38-,39-,40-,46+,47-,48+/m0/s1. The molecule has 0 spiro atoms. The van der Waals surface area contributed by atoms with E-state index < -0.39 is 119 Å². The summed E-state index contributed by atoms with van der Waals surface area (Å²) in [6, 6.07) is 3.29. The van der Waals surface area contributed by atoms with Gasteiger partial charge in [-0.05, 0) is 83.6 Å². The summed E-state index contributed by atoms with van der Waals surface area (Å²) < 4.78 is 55.1. The Kier molecular flexibility index (Phi) is 15.5. The van der Waals surface area contributed by atoms with Crippen molar-refractivity contribution in [1.29, 1.82) is 0 Å². The van der Waals surface area contributed by atoms with Crippen LogP contribution in [0.4, 0.5) is 4.79 Å². The van der Waals surface area contributed by atoms with Crippen LogP contribution in [0, 0.1) is 16.7 Å². The fraction of sp³-hybridized carbons (Fsp3) is 0.688. The van der Waals surface area contributed by atoms with Gasteiger partial charge in [-0.2, -0.15) is 0 Å². The lowest BCUT2D eigenvalue weighted by Crippen LogP contribution is -2.86. The van der Waals surface area contributed by atoms with Gasteiger partial charge in [0.1, 0.15) is 52.7 Å². The quantitative estimate of drug-likeness (QED) is 0.0564. The smallest absolute Gasteiger partial charge is 0.408 e. The predicted molar refractivity (Wildman–Crippen MR) is 247 cm³/mol. The van der Waals surface area contributed by atoms with Gasteiger partial charge >= 0.3 is 30.0 Å². The normalized spacial score (nSPS) is 32.1. The van der Waals surface area contributed by atoms with Crippen LogP contribution in [0.2, 0.25) is 0 Å². The average Bonchev–Trinajstić information content (AvgIpc) is 3.22. The summed E-state index contributed by atoms with van der Waals surface area (Å²) in [7, 11) is 6.02. The summed E-state index contributed by atoms with van der Waals surface area (Å²) in [5, 5.41) is 28.2. The molecule has 0 unspecified atom stereocenters. The van der Waals surface area contributed by atoms with Crippen molar-refractivity contribution in [1.82, 2.24) is 5.32 Å². The molecular weight excluding hydrogens is 911 g/mol. The van der Waals surface area contributed by atoms with Crippen molar-refractivity contribution in [3.05, 3.63) is 46.6 Å². The van der Waals surface area contributed by atoms with Gasteiger partial charge in [-0.1, -0.05) is 54.0 Å². The molecule has 19 heteroatoms. The predicted octanol–water partition coefficient (Wildman–Crippen LogP) is 6.05. The Morgan fingerprint density at radius 2 is 1.72 bits per heavy atom. The fourth-order valence-corrected chi connectivity index (χ4v) is 12.2. The Labute approximate surface area is 400 Å². The summed E-state index contributed by atoms with van der Waals surface area (Å²) >= 11 is 0. The second-order valence-corrected chi connectivity index (χ2v) is 22.7. The number of hydrogen-bond donors (Lipinski definition) is 3. The second kappa shape index (κ2) is 19.8. The minimum Gasteiger partial charge on any atom is -0.497 e. The van der Waals surface area contributed by atoms with E-state index in [-0.39, 0.29) is 30.8 Å². The average molecular weight is 978 g/mol. The van der Waals surface area contributed by atoms with E-state index in [0.29, 0.717) is 34.6 Å². The lowest BCUT2D eigenvalue weighted by atomic mass is 9.42. The number of aliphatic hydroxyl groups excluding tert-OH is 1. The first-order chi connectivity index (χ1) is 31.3. The number of benzene rings is 1. The Bertz CT molecular complexity index is 2150. The number of amides is 1. The van der Waals surface area contributed by atoms with Gasteiger partial charge in [0.25, 0.3) is 0 Å². The number of rotatable bonds is 16. The number of carbonyl (C=O) groups excluding carboxylic acids is 5. The SMILES string of the molecule is COc1ccc(OC)c(C(=O)O[C@H]2[C@@H]3[C@]4(OC(C)=O)CO[C@@H]4C[C@H]4O[C@@H]([C@H](OC(=O)CCCSSC)C5=C(C)[C@@H](OC(=O)[C@H](O)[C@H](C=C(C)C)NC(=O)OC(C)(C)C)C[C@]2(O)C5(C)C)[C@@]34C)c1. The second-order valence-electron chi connectivity index (χ2n) is 20.0. The summed E-state index contributed by atoms with van der Waals surface area (Å²) in [4.78, 5) is 69.4. The van der Waals surface area contributed by atoms with E-state index in [9.17, 15) is 34.2 Å². The Morgan fingerprint density at radius 3 is 2.30 bits per heavy atom. The lowest BCUT2D eigenvalue weighted by Gasteiger charge is -2.74. The highest BCUT2D eigenvalue weighted by atomic mass is 33.1. The first-order valence-electron chi connectivity index (χ1n) is 22.5. The number of alkyl carbamates (subject to hydrolysis) is 1. The maximum atomic E-state index is 14.9. The van der Waals surface area contributed by atoms with Crippen LogP contribution in [-0.4, -0.2) is 139 Å².